The number of Topliss-reactive ketones (excluding diaryl/α,β-unsaturated/α-hetero) is 1. The third kappa shape index (κ3) is 1.97. The molecule has 4 aliphatic carbocycles. The van der Waals surface area contributed by atoms with Gasteiger partial charge in [-0.05, 0) is 67.6 Å². The average Bonchev–Trinajstić information content (AvgIpc) is 2.83. The number of fused-ring (bicyclic) bond motifs is 5. The second-order valence-electron chi connectivity index (χ2n) is 9.28. The van der Waals surface area contributed by atoms with Gasteiger partial charge in [0.05, 0.1) is 0 Å². The van der Waals surface area contributed by atoms with E-state index in [0.717, 1.165) is 31.6 Å². The first kappa shape index (κ1) is 15.5. The molecule has 0 aliphatic heterocycles. The molecular weight excluding hydrogens is 280 g/mol. The molecule has 0 amide bonds. The Hall–Kier alpha value is -1.03. The topological polar surface area (TPSA) is 17.1 Å². The van der Waals surface area contributed by atoms with E-state index in [1.54, 1.807) is 5.57 Å². The van der Waals surface area contributed by atoms with Crippen molar-refractivity contribution in [3.05, 3.63) is 11.6 Å². The summed E-state index contributed by atoms with van der Waals surface area (Å²) in [5.74, 6) is 6.68. The third-order valence-corrected chi connectivity index (χ3v) is 8.38. The van der Waals surface area contributed by atoms with Crippen LogP contribution in [0.4, 0.5) is 0 Å². The second kappa shape index (κ2) is 4.98. The number of hydrogen-bond acceptors (Lipinski definition) is 1. The summed E-state index contributed by atoms with van der Waals surface area (Å²) in [4.78, 5) is 12.5. The van der Waals surface area contributed by atoms with Crippen molar-refractivity contribution in [3.8, 4) is 12.3 Å². The van der Waals surface area contributed by atoms with E-state index in [1.807, 2.05) is 0 Å². The molecule has 3 saturated carbocycles. The number of terminal acetylenes is 1. The Bertz CT molecular complexity index is 608. The van der Waals surface area contributed by atoms with E-state index in [9.17, 15) is 4.79 Å². The normalized spacial score (nSPS) is 52.0. The Morgan fingerprint density at radius 1 is 1.13 bits per heavy atom. The summed E-state index contributed by atoms with van der Waals surface area (Å²) in [6, 6.07) is 0. The molecule has 0 aromatic carbocycles. The first-order valence-corrected chi connectivity index (χ1v) is 9.61. The van der Waals surface area contributed by atoms with Crippen LogP contribution in [-0.4, -0.2) is 5.78 Å². The highest BCUT2D eigenvalue weighted by atomic mass is 16.1. The number of carbonyl (C=O) groups excluding carboxylic acids is 1. The van der Waals surface area contributed by atoms with Gasteiger partial charge in [-0.25, -0.2) is 0 Å². The molecule has 0 radical (unpaired) electrons. The number of allylic oxidation sites excluding steroid dienone is 2. The quantitative estimate of drug-likeness (QED) is 0.454. The van der Waals surface area contributed by atoms with Crippen molar-refractivity contribution < 1.29 is 4.79 Å². The molecule has 0 unspecified atom stereocenters. The van der Waals surface area contributed by atoms with Gasteiger partial charge in [0, 0.05) is 17.8 Å². The fraction of sp³-hybridized carbons (Fsp3) is 0.773. The summed E-state index contributed by atoms with van der Waals surface area (Å²) in [6.45, 7) is 7.18. The highest BCUT2D eigenvalue weighted by Gasteiger charge is 2.59. The van der Waals surface area contributed by atoms with Gasteiger partial charge in [0.1, 0.15) is 5.78 Å². The zero-order valence-corrected chi connectivity index (χ0v) is 14.9. The van der Waals surface area contributed by atoms with Gasteiger partial charge < -0.3 is 0 Å². The Morgan fingerprint density at radius 2 is 1.83 bits per heavy atom. The highest BCUT2D eigenvalue weighted by Crippen LogP contribution is 2.65. The van der Waals surface area contributed by atoms with Crippen LogP contribution in [0, 0.1) is 52.8 Å². The van der Waals surface area contributed by atoms with E-state index >= 15 is 0 Å². The van der Waals surface area contributed by atoms with Crippen molar-refractivity contribution >= 4 is 5.78 Å². The van der Waals surface area contributed by atoms with Crippen molar-refractivity contribution in [3.63, 3.8) is 0 Å². The summed E-state index contributed by atoms with van der Waals surface area (Å²) in [7, 11) is 0. The Morgan fingerprint density at radius 3 is 2.57 bits per heavy atom. The van der Waals surface area contributed by atoms with Gasteiger partial charge in [0.2, 0.25) is 0 Å². The number of rotatable bonds is 0. The molecule has 3 fully saturated rings. The van der Waals surface area contributed by atoms with Crippen molar-refractivity contribution in [2.75, 3.05) is 0 Å². The molecule has 0 heterocycles. The lowest BCUT2D eigenvalue weighted by Gasteiger charge is -2.58. The fourth-order valence-electron chi connectivity index (χ4n) is 6.93. The monoisotopic (exact) mass is 310 g/mol. The summed E-state index contributed by atoms with van der Waals surface area (Å²) in [6.07, 6.45) is 16.1. The van der Waals surface area contributed by atoms with Gasteiger partial charge in [-0.3, -0.25) is 4.79 Å². The van der Waals surface area contributed by atoms with Crippen LogP contribution in [0.1, 0.15) is 65.7 Å². The SMILES string of the molecule is C#C[C@H]1CC[C@@]2(C)C(=C[C@H](C)[C@@H]3[C@@H]2CC[C@]2(C)C(=O)CC[C@@H]32)C1. The van der Waals surface area contributed by atoms with Crippen LogP contribution in [0.15, 0.2) is 11.6 Å². The minimum atomic E-state index is -0.0207. The van der Waals surface area contributed by atoms with Crippen molar-refractivity contribution in [1.29, 1.82) is 0 Å². The minimum absolute atomic E-state index is 0.0207. The van der Waals surface area contributed by atoms with E-state index in [-0.39, 0.29) is 5.41 Å². The van der Waals surface area contributed by atoms with Crippen molar-refractivity contribution in [2.24, 2.45) is 40.4 Å². The van der Waals surface area contributed by atoms with E-state index in [4.69, 9.17) is 6.42 Å². The van der Waals surface area contributed by atoms with Gasteiger partial charge in [0.15, 0.2) is 0 Å². The van der Waals surface area contributed by atoms with Crippen LogP contribution in [0.25, 0.3) is 0 Å². The largest absolute Gasteiger partial charge is 0.299 e. The van der Waals surface area contributed by atoms with Crippen LogP contribution in [0.3, 0.4) is 0 Å². The fourth-order valence-corrected chi connectivity index (χ4v) is 6.93. The third-order valence-electron chi connectivity index (χ3n) is 8.38. The molecule has 0 bridgehead atoms. The average molecular weight is 310 g/mol. The Kier molecular flexibility index (Phi) is 3.36. The second-order valence-corrected chi connectivity index (χ2v) is 9.28. The maximum absolute atomic E-state index is 12.5. The molecule has 0 N–H and O–H groups in total. The van der Waals surface area contributed by atoms with E-state index in [1.165, 1.54) is 19.3 Å². The predicted octanol–water partition coefficient (Wildman–Crippen LogP) is 5.01. The maximum atomic E-state index is 12.5. The van der Waals surface area contributed by atoms with Crippen molar-refractivity contribution in [2.45, 2.75) is 65.7 Å². The van der Waals surface area contributed by atoms with Crippen LogP contribution in [0.5, 0.6) is 0 Å². The summed E-state index contributed by atoms with van der Waals surface area (Å²) < 4.78 is 0. The van der Waals surface area contributed by atoms with Crippen LogP contribution >= 0.6 is 0 Å². The standard InChI is InChI=1S/C22H30O/c1-5-15-8-10-21(3)16(13-15)12-14(2)20-17-6-7-19(23)22(17,4)11-9-18(20)21/h1,12,14-15,17-18,20H,6-11,13H2,2-4H3/t14-,15-,17-,18-,20-,21-,22-/m0/s1. The number of carbonyl (C=O) groups is 1. The van der Waals surface area contributed by atoms with Gasteiger partial charge in [0.25, 0.3) is 0 Å². The molecule has 124 valence electrons. The van der Waals surface area contributed by atoms with Crippen molar-refractivity contribution in [1.82, 2.24) is 0 Å². The first-order chi connectivity index (χ1) is 10.9. The van der Waals surface area contributed by atoms with E-state index < -0.39 is 0 Å². The molecule has 1 heteroatoms. The van der Waals surface area contributed by atoms with Crippen LogP contribution in [-0.2, 0) is 4.79 Å². The zero-order valence-electron chi connectivity index (χ0n) is 14.9. The smallest absolute Gasteiger partial charge is 0.139 e. The molecule has 1 nitrogen and oxygen atoms in total. The van der Waals surface area contributed by atoms with Gasteiger partial charge >= 0.3 is 0 Å². The number of ketones is 1. The molecule has 7 atom stereocenters. The molecule has 4 rings (SSSR count). The maximum Gasteiger partial charge on any atom is 0.139 e. The lowest BCUT2D eigenvalue weighted by molar-refractivity contribution is -0.133. The lowest BCUT2D eigenvalue weighted by Crippen LogP contribution is -2.52. The Balaban J connectivity index is 1.73. The summed E-state index contributed by atoms with van der Waals surface area (Å²) in [5.41, 5.74) is 1.97. The van der Waals surface area contributed by atoms with Gasteiger partial charge in [-0.2, -0.15) is 0 Å². The Labute approximate surface area is 141 Å². The van der Waals surface area contributed by atoms with Crippen LogP contribution in [0.2, 0.25) is 0 Å². The zero-order chi connectivity index (χ0) is 16.4. The molecule has 0 aromatic rings. The summed E-state index contributed by atoms with van der Waals surface area (Å²) >= 11 is 0. The first-order valence-electron chi connectivity index (χ1n) is 9.61. The molecule has 23 heavy (non-hydrogen) atoms. The molecule has 0 saturated heterocycles. The lowest BCUT2D eigenvalue weighted by atomic mass is 9.46. The predicted molar refractivity (Wildman–Crippen MR) is 93.6 cm³/mol. The van der Waals surface area contributed by atoms with E-state index in [2.05, 4.69) is 32.8 Å². The van der Waals surface area contributed by atoms with Crippen LogP contribution < -0.4 is 0 Å². The minimum Gasteiger partial charge on any atom is -0.299 e. The number of hydrogen-bond donors (Lipinski definition) is 0. The van der Waals surface area contributed by atoms with E-state index in [0.29, 0.717) is 34.9 Å². The molecule has 0 aromatic heterocycles. The van der Waals surface area contributed by atoms with Gasteiger partial charge in [-0.15, -0.1) is 12.3 Å². The summed E-state index contributed by atoms with van der Waals surface area (Å²) in [5, 5.41) is 0. The molecular formula is C22H30O. The van der Waals surface area contributed by atoms with Gasteiger partial charge in [-0.1, -0.05) is 32.4 Å². The highest BCUT2D eigenvalue weighted by molar-refractivity contribution is 5.87. The molecule has 4 aliphatic rings. The molecule has 0 spiro atoms.